The van der Waals surface area contributed by atoms with Gasteiger partial charge in [-0.3, -0.25) is 0 Å². The molecule has 0 fully saturated rings. The topological polar surface area (TPSA) is 48.7 Å². The van der Waals surface area contributed by atoms with Crippen LogP contribution in [0.4, 0.5) is 5.82 Å². The molecule has 0 aliphatic rings. The second-order valence-electron chi connectivity index (χ2n) is 3.63. The molecule has 2 rings (SSSR count). The normalized spacial score (nSPS) is 9.72. The van der Waals surface area contributed by atoms with E-state index in [1.165, 1.54) is 4.90 Å². The summed E-state index contributed by atoms with van der Waals surface area (Å²) in [6.45, 7) is 0.846. The molecule has 4 heteroatoms. The molecule has 0 atom stereocenters. The van der Waals surface area contributed by atoms with Crippen molar-refractivity contribution in [1.82, 2.24) is 4.98 Å². The number of hydrogen-bond acceptors (Lipinski definition) is 4. The molecule has 2 aromatic rings. The number of rotatable bonds is 5. The molecule has 0 spiro atoms. The summed E-state index contributed by atoms with van der Waals surface area (Å²) >= 11 is 1.80. The summed E-state index contributed by atoms with van der Waals surface area (Å²) < 4.78 is 0. The van der Waals surface area contributed by atoms with Crippen molar-refractivity contribution in [1.29, 1.82) is 5.26 Å². The quantitative estimate of drug-likeness (QED) is 0.658. The van der Waals surface area contributed by atoms with E-state index in [-0.39, 0.29) is 0 Å². The zero-order valence-electron chi connectivity index (χ0n) is 9.84. The highest BCUT2D eigenvalue weighted by Gasteiger charge is 1.95. The lowest BCUT2D eigenvalue weighted by molar-refractivity contribution is 1.16. The molecule has 0 saturated carbocycles. The summed E-state index contributed by atoms with van der Waals surface area (Å²) in [5, 5.41) is 11.9. The predicted octanol–water partition coefficient (Wildman–Crippen LogP) is 3.16. The van der Waals surface area contributed by atoms with Crippen molar-refractivity contribution in [2.24, 2.45) is 0 Å². The van der Waals surface area contributed by atoms with Crippen LogP contribution in [0.1, 0.15) is 5.56 Å². The van der Waals surface area contributed by atoms with E-state index in [1.807, 2.05) is 30.3 Å². The van der Waals surface area contributed by atoms with E-state index in [2.05, 4.69) is 22.4 Å². The van der Waals surface area contributed by atoms with Crippen molar-refractivity contribution in [2.45, 2.75) is 4.90 Å². The summed E-state index contributed by atoms with van der Waals surface area (Å²) in [5.41, 5.74) is 0.583. The average Bonchev–Trinajstić information content (AvgIpc) is 2.45. The zero-order chi connectivity index (χ0) is 12.6. The molecule has 0 radical (unpaired) electrons. The van der Waals surface area contributed by atoms with E-state index < -0.39 is 0 Å². The third-order valence-corrected chi connectivity index (χ3v) is 3.33. The number of benzene rings is 1. The Morgan fingerprint density at radius 2 is 2.00 bits per heavy atom. The first-order chi connectivity index (χ1) is 8.88. The Labute approximate surface area is 111 Å². The molecule has 90 valence electrons. The monoisotopic (exact) mass is 255 g/mol. The van der Waals surface area contributed by atoms with Crippen LogP contribution in [0.5, 0.6) is 0 Å². The standard InChI is InChI=1S/C14H13N3S/c15-10-12-6-7-14(17-11-12)16-8-9-18-13-4-2-1-3-5-13/h1-7,11H,8-9H2,(H,16,17). The highest BCUT2D eigenvalue weighted by atomic mass is 32.2. The van der Waals surface area contributed by atoms with Gasteiger partial charge in [-0.25, -0.2) is 4.98 Å². The highest BCUT2D eigenvalue weighted by molar-refractivity contribution is 7.99. The van der Waals surface area contributed by atoms with Crippen molar-refractivity contribution in [3.63, 3.8) is 0 Å². The fourth-order valence-corrected chi connectivity index (χ4v) is 2.22. The summed E-state index contributed by atoms with van der Waals surface area (Å²) in [4.78, 5) is 5.42. The highest BCUT2D eigenvalue weighted by Crippen LogP contribution is 2.16. The molecular weight excluding hydrogens is 242 g/mol. The molecule has 0 unspecified atom stereocenters. The molecule has 3 nitrogen and oxygen atoms in total. The minimum atomic E-state index is 0.583. The molecule has 0 saturated heterocycles. The van der Waals surface area contributed by atoms with Crippen molar-refractivity contribution in [3.8, 4) is 6.07 Å². The Morgan fingerprint density at radius 1 is 1.17 bits per heavy atom. The second kappa shape index (κ2) is 6.67. The lowest BCUT2D eigenvalue weighted by Gasteiger charge is -2.05. The van der Waals surface area contributed by atoms with Gasteiger partial charge in [-0.1, -0.05) is 18.2 Å². The van der Waals surface area contributed by atoms with Crippen LogP contribution in [0.25, 0.3) is 0 Å². The Balaban J connectivity index is 1.74. The van der Waals surface area contributed by atoms with Gasteiger partial charge in [0.1, 0.15) is 11.9 Å². The van der Waals surface area contributed by atoms with E-state index in [0.717, 1.165) is 18.1 Å². The van der Waals surface area contributed by atoms with Crippen molar-refractivity contribution in [2.75, 3.05) is 17.6 Å². The van der Waals surface area contributed by atoms with Gasteiger partial charge in [0.05, 0.1) is 5.56 Å². The SMILES string of the molecule is N#Cc1ccc(NCCSc2ccccc2)nc1. The molecular formula is C14H13N3S. The summed E-state index contributed by atoms with van der Waals surface area (Å²) in [6, 6.07) is 15.9. The van der Waals surface area contributed by atoms with Crippen molar-refractivity contribution >= 4 is 17.6 Å². The Hall–Kier alpha value is -1.99. The Morgan fingerprint density at radius 3 is 2.67 bits per heavy atom. The fraction of sp³-hybridized carbons (Fsp3) is 0.143. The van der Waals surface area contributed by atoms with Crippen molar-refractivity contribution in [3.05, 3.63) is 54.2 Å². The third-order valence-electron chi connectivity index (χ3n) is 2.31. The van der Waals surface area contributed by atoms with Gasteiger partial charge in [-0.05, 0) is 24.3 Å². The lowest BCUT2D eigenvalue weighted by Crippen LogP contribution is -2.05. The van der Waals surface area contributed by atoms with Gasteiger partial charge in [-0.2, -0.15) is 5.26 Å². The van der Waals surface area contributed by atoms with Gasteiger partial charge in [0.15, 0.2) is 0 Å². The van der Waals surface area contributed by atoms with E-state index in [0.29, 0.717) is 5.56 Å². The largest absolute Gasteiger partial charge is 0.369 e. The molecule has 0 amide bonds. The third kappa shape index (κ3) is 3.79. The van der Waals surface area contributed by atoms with Crippen molar-refractivity contribution < 1.29 is 0 Å². The van der Waals surface area contributed by atoms with Gasteiger partial charge in [0, 0.05) is 23.4 Å². The molecule has 0 aliphatic heterocycles. The Bertz CT molecular complexity index is 517. The van der Waals surface area contributed by atoms with Gasteiger partial charge in [0.2, 0.25) is 0 Å². The number of nitrogens with zero attached hydrogens (tertiary/aromatic N) is 2. The van der Waals surface area contributed by atoms with Crippen LogP contribution in [0, 0.1) is 11.3 Å². The van der Waals surface area contributed by atoms with Crippen LogP contribution in [0.15, 0.2) is 53.6 Å². The van der Waals surface area contributed by atoms with Crippen LogP contribution in [0.3, 0.4) is 0 Å². The number of hydrogen-bond donors (Lipinski definition) is 1. The van der Waals surface area contributed by atoms with E-state index in [4.69, 9.17) is 5.26 Å². The number of pyridine rings is 1. The Kier molecular flexibility index (Phi) is 4.62. The predicted molar refractivity (Wildman–Crippen MR) is 74.6 cm³/mol. The molecule has 0 bridgehead atoms. The first kappa shape index (κ1) is 12.5. The molecule has 1 aromatic carbocycles. The molecule has 18 heavy (non-hydrogen) atoms. The van der Waals surface area contributed by atoms with Gasteiger partial charge in [-0.15, -0.1) is 11.8 Å². The maximum Gasteiger partial charge on any atom is 0.125 e. The first-order valence-electron chi connectivity index (χ1n) is 5.66. The van der Waals surface area contributed by atoms with Gasteiger partial charge < -0.3 is 5.32 Å². The first-order valence-corrected chi connectivity index (χ1v) is 6.65. The second-order valence-corrected chi connectivity index (χ2v) is 4.80. The van der Waals surface area contributed by atoms with Crippen LogP contribution >= 0.6 is 11.8 Å². The van der Waals surface area contributed by atoms with Gasteiger partial charge in [0.25, 0.3) is 0 Å². The lowest BCUT2D eigenvalue weighted by atomic mass is 10.3. The minimum Gasteiger partial charge on any atom is -0.369 e. The maximum atomic E-state index is 8.65. The maximum absolute atomic E-state index is 8.65. The van der Waals surface area contributed by atoms with Crippen LogP contribution in [0.2, 0.25) is 0 Å². The molecule has 0 aliphatic carbocycles. The summed E-state index contributed by atoms with van der Waals surface area (Å²) in [5.74, 6) is 1.79. The number of aromatic nitrogens is 1. The number of anilines is 1. The minimum absolute atomic E-state index is 0.583. The molecule has 1 N–H and O–H groups in total. The molecule has 1 aromatic heterocycles. The van der Waals surface area contributed by atoms with Crippen LogP contribution < -0.4 is 5.32 Å². The smallest absolute Gasteiger partial charge is 0.125 e. The number of thioether (sulfide) groups is 1. The summed E-state index contributed by atoms with van der Waals surface area (Å²) in [6.07, 6.45) is 1.58. The van der Waals surface area contributed by atoms with Crippen LogP contribution in [-0.4, -0.2) is 17.3 Å². The number of nitriles is 1. The van der Waals surface area contributed by atoms with E-state index in [1.54, 1.807) is 24.0 Å². The molecule has 1 heterocycles. The fourth-order valence-electron chi connectivity index (χ4n) is 1.43. The van der Waals surface area contributed by atoms with E-state index >= 15 is 0 Å². The zero-order valence-corrected chi connectivity index (χ0v) is 10.7. The number of nitrogens with one attached hydrogen (secondary N) is 1. The van der Waals surface area contributed by atoms with E-state index in [9.17, 15) is 0 Å². The summed E-state index contributed by atoms with van der Waals surface area (Å²) in [7, 11) is 0. The average molecular weight is 255 g/mol. The van der Waals surface area contributed by atoms with Crippen LogP contribution in [-0.2, 0) is 0 Å². The van der Waals surface area contributed by atoms with Gasteiger partial charge >= 0.3 is 0 Å².